The van der Waals surface area contributed by atoms with Crippen LogP contribution in [0.3, 0.4) is 0 Å². The number of carbonyl (C=O) groups is 2. The molecular formula is C21H25N5O3S. The molecule has 1 aliphatic carbocycles. The highest BCUT2D eigenvalue weighted by Crippen LogP contribution is 2.33. The molecule has 0 bridgehead atoms. The van der Waals surface area contributed by atoms with E-state index in [1.54, 1.807) is 0 Å². The van der Waals surface area contributed by atoms with Crippen LogP contribution in [0.1, 0.15) is 24.8 Å². The Labute approximate surface area is 177 Å². The smallest absolute Gasteiger partial charge is 0.320 e. The quantitative estimate of drug-likeness (QED) is 0.784. The van der Waals surface area contributed by atoms with Crippen LogP contribution >= 0.6 is 0 Å². The lowest BCUT2D eigenvalue weighted by atomic mass is 9.97. The van der Waals surface area contributed by atoms with E-state index < -0.39 is 10.8 Å². The molecule has 0 aromatic carbocycles. The fraction of sp³-hybridized carbons (Fsp3) is 0.476. The molecule has 0 spiro atoms. The van der Waals surface area contributed by atoms with Gasteiger partial charge >= 0.3 is 6.03 Å². The molecule has 2 aliphatic heterocycles. The number of nitrogens with zero attached hydrogens (tertiary/aromatic N) is 3. The van der Waals surface area contributed by atoms with Gasteiger partial charge in [0.25, 0.3) is 0 Å². The summed E-state index contributed by atoms with van der Waals surface area (Å²) in [5, 5.41) is 3.96. The van der Waals surface area contributed by atoms with Crippen molar-refractivity contribution in [2.24, 2.45) is 5.92 Å². The summed E-state index contributed by atoms with van der Waals surface area (Å²) in [6.45, 7) is 2.32. The lowest BCUT2D eigenvalue weighted by Crippen LogP contribution is -2.49. The van der Waals surface area contributed by atoms with Crippen LogP contribution in [0.4, 0.5) is 10.6 Å². The zero-order valence-electron chi connectivity index (χ0n) is 16.7. The molecule has 158 valence electrons. The molecule has 5 rings (SSSR count). The van der Waals surface area contributed by atoms with Crippen molar-refractivity contribution in [2.45, 2.75) is 19.3 Å². The van der Waals surface area contributed by atoms with E-state index in [9.17, 15) is 13.8 Å². The van der Waals surface area contributed by atoms with Gasteiger partial charge in [-0.3, -0.25) is 9.00 Å². The van der Waals surface area contributed by atoms with Crippen LogP contribution < -0.4 is 5.32 Å². The van der Waals surface area contributed by atoms with Crippen LogP contribution in [0.5, 0.6) is 0 Å². The molecule has 4 heterocycles. The van der Waals surface area contributed by atoms with Gasteiger partial charge in [-0.15, -0.1) is 0 Å². The first-order chi connectivity index (χ1) is 14.6. The van der Waals surface area contributed by atoms with Gasteiger partial charge in [-0.1, -0.05) is 6.08 Å². The van der Waals surface area contributed by atoms with Crippen molar-refractivity contribution >= 4 is 45.2 Å². The van der Waals surface area contributed by atoms with E-state index in [-0.39, 0.29) is 17.9 Å². The van der Waals surface area contributed by atoms with Gasteiger partial charge in [0, 0.05) is 66.0 Å². The highest BCUT2D eigenvalue weighted by atomic mass is 32.2. The maximum Gasteiger partial charge on any atom is 0.320 e. The molecule has 2 aromatic heterocycles. The first kappa shape index (κ1) is 19.3. The third kappa shape index (κ3) is 3.86. The maximum absolute atomic E-state index is 12.8. The minimum absolute atomic E-state index is 0.0286. The van der Waals surface area contributed by atoms with E-state index in [4.69, 9.17) is 0 Å². The van der Waals surface area contributed by atoms with Crippen molar-refractivity contribution in [2.75, 3.05) is 43.0 Å². The molecule has 8 nitrogen and oxygen atoms in total. The van der Waals surface area contributed by atoms with Crippen LogP contribution in [0.25, 0.3) is 16.6 Å². The average Bonchev–Trinajstić information content (AvgIpc) is 3.51. The number of H-pyrrole nitrogens is 1. The number of aromatic nitrogens is 2. The van der Waals surface area contributed by atoms with Crippen LogP contribution in [0.2, 0.25) is 0 Å². The lowest BCUT2D eigenvalue weighted by Gasteiger charge is -2.34. The Morgan fingerprint density at radius 3 is 2.67 bits per heavy atom. The van der Waals surface area contributed by atoms with Crippen LogP contribution in [0, 0.1) is 5.92 Å². The van der Waals surface area contributed by atoms with Gasteiger partial charge in [0.1, 0.15) is 11.5 Å². The summed E-state index contributed by atoms with van der Waals surface area (Å²) in [5.74, 6) is 1.86. The zero-order chi connectivity index (χ0) is 20.7. The second kappa shape index (κ2) is 7.86. The van der Waals surface area contributed by atoms with Crippen molar-refractivity contribution in [1.82, 2.24) is 19.8 Å². The summed E-state index contributed by atoms with van der Waals surface area (Å²) in [6, 6.07) is 3.97. The molecule has 0 radical (unpaired) electrons. The number of hydrogen-bond acceptors (Lipinski definition) is 4. The van der Waals surface area contributed by atoms with Gasteiger partial charge < -0.3 is 20.1 Å². The summed E-state index contributed by atoms with van der Waals surface area (Å²) in [7, 11) is -0.792. The zero-order valence-corrected chi connectivity index (χ0v) is 17.5. The highest BCUT2D eigenvalue weighted by molar-refractivity contribution is 7.85. The van der Waals surface area contributed by atoms with Gasteiger partial charge in [0.2, 0.25) is 5.91 Å². The SMILES string of the molecule is O=C(Nc1cc(C2=CCN(C(=O)N3CCS(=O)CC3)CC2)c2cc[nH]c2n1)C1CC1. The first-order valence-corrected chi connectivity index (χ1v) is 11.9. The molecule has 3 amide bonds. The Balaban J connectivity index is 1.34. The van der Waals surface area contributed by atoms with Crippen LogP contribution in [-0.4, -0.2) is 73.6 Å². The maximum atomic E-state index is 12.8. The topological polar surface area (TPSA) is 98.4 Å². The molecule has 2 N–H and O–H groups in total. The molecule has 9 heteroatoms. The molecule has 0 unspecified atom stereocenters. The number of urea groups is 1. The van der Waals surface area contributed by atoms with Crippen molar-refractivity contribution in [3.05, 3.63) is 30.0 Å². The fourth-order valence-electron chi connectivity index (χ4n) is 4.06. The number of aromatic amines is 1. The molecule has 30 heavy (non-hydrogen) atoms. The predicted octanol–water partition coefficient (Wildman–Crippen LogP) is 2.18. The Morgan fingerprint density at radius 1 is 1.17 bits per heavy atom. The normalized spacial score (nSPS) is 20.3. The second-order valence-electron chi connectivity index (χ2n) is 8.10. The van der Waals surface area contributed by atoms with Gasteiger partial charge in [0.05, 0.1) is 0 Å². The summed E-state index contributed by atoms with van der Waals surface area (Å²) in [4.78, 5) is 36.3. The molecule has 2 aromatic rings. The number of hydrogen-bond donors (Lipinski definition) is 2. The summed E-state index contributed by atoms with van der Waals surface area (Å²) in [6.07, 6.45) is 6.59. The van der Waals surface area contributed by atoms with E-state index in [0.29, 0.717) is 43.5 Å². The molecule has 0 atom stereocenters. The number of fused-ring (bicyclic) bond motifs is 1. The Kier molecular flexibility index (Phi) is 5.06. The monoisotopic (exact) mass is 427 g/mol. The molecule has 1 saturated heterocycles. The fourth-order valence-corrected chi connectivity index (χ4v) is 5.11. The minimum atomic E-state index is -0.792. The van der Waals surface area contributed by atoms with E-state index in [0.717, 1.165) is 41.4 Å². The van der Waals surface area contributed by atoms with E-state index in [2.05, 4.69) is 21.4 Å². The third-order valence-electron chi connectivity index (χ3n) is 6.00. The van der Waals surface area contributed by atoms with Crippen molar-refractivity contribution in [1.29, 1.82) is 0 Å². The largest absolute Gasteiger partial charge is 0.346 e. The Hall–Kier alpha value is -2.68. The van der Waals surface area contributed by atoms with Gasteiger partial charge in [0.15, 0.2) is 0 Å². The first-order valence-electron chi connectivity index (χ1n) is 10.5. The van der Waals surface area contributed by atoms with Crippen molar-refractivity contribution in [3.8, 4) is 0 Å². The van der Waals surface area contributed by atoms with E-state index >= 15 is 0 Å². The van der Waals surface area contributed by atoms with Gasteiger partial charge in [-0.2, -0.15) is 0 Å². The number of nitrogens with one attached hydrogen (secondary N) is 2. The van der Waals surface area contributed by atoms with Crippen molar-refractivity contribution < 1.29 is 13.8 Å². The van der Waals surface area contributed by atoms with Gasteiger partial charge in [-0.05, 0) is 42.5 Å². The molecular weight excluding hydrogens is 402 g/mol. The Morgan fingerprint density at radius 2 is 1.97 bits per heavy atom. The molecule has 2 fully saturated rings. The summed E-state index contributed by atoms with van der Waals surface area (Å²) >= 11 is 0. The van der Waals surface area contributed by atoms with Crippen LogP contribution in [-0.2, 0) is 15.6 Å². The minimum Gasteiger partial charge on any atom is -0.346 e. The van der Waals surface area contributed by atoms with E-state index in [1.807, 2.05) is 28.1 Å². The summed E-state index contributed by atoms with van der Waals surface area (Å²) in [5.41, 5.74) is 2.96. The number of carbonyl (C=O) groups excluding carboxylic acids is 2. The number of amides is 3. The third-order valence-corrected chi connectivity index (χ3v) is 7.28. The standard InChI is InChI=1S/C21H25N5O3S/c27-20(15-1-2-15)24-18-13-17(16-3-6-22-19(16)23-18)14-4-7-25(8-5-14)21(28)26-9-11-30(29)12-10-26/h3-4,6,13,15H,1-2,5,7-12H2,(H2,22,23,24,27). The molecule has 1 saturated carbocycles. The van der Waals surface area contributed by atoms with Crippen molar-refractivity contribution in [3.63, 3.8) is 0 Å². The number of rotatable bonds is 3. The lowest BCUT2D eigenvalue weighted by molar-refractivity contribution is -0.117. The number of pyridine rings is 1. The average molecular weight is 428 g/mol. The van der Waals surface area contributed by atoms with Gasteiger partial charge in [-0.25, -0.2) is 9.78 Å². The van der Waals surface area contributed by atoms with Crippen LogP contribution in [0.15, 0.2) is 24.4 Å². The summed E-state index contributed by atoms with van der Waals surface area (Å²) < 4.78 is 11.5. The molecule has 3 aliphatic rings. The Bertz CT molecular complexity index is 1050. The predicted molar refractivity (Wildman–Crippen MR) is 116 cm³/mol. The number of anilines is 1. The highest BCUT2D eigenvalue weighted by Gasteiger charge is 2.30. The van der Waals surface area contributed by atoms with E-state index in [1.165, 1.54) is 0 Å². The second-order valence-corrected chi connectivity index (χ2v) is 9.80.